The molecule has 6 heteroatoms. The first-order valence-electron chi connectivity index (χ1n) is 8.23. The van der Waals surface area contributed by atoms with E-state index < -0.39 is 0 Å². The number of rotatable bonds is 6. The fourth-order valence-corrected chi connectivity index (χ4v) is 2.65. The van der Waals surface area contributed by atoms with Crippen LogP contribution in [0.15, 0.2) is 42.5 Å². The van der Waals surface area contributed by atoms with Gasteiger partial charge in [0.2, 0.25) is 11.8 Å². The molecule has 0 aliphatic rings. The average Bonchev–Trinajstić information content (AvgIpc) is 2.58. The third kappa shape index (κ3) is 5.17. The third-order valence-corrected chi connectivity index (χ3v) is 4.37. The quantitative estimate of drug-likeness (QED) is 0.771. The molecule has 0 saturated carbocycles. The second-order valence-electron chi connectivity index (χ2n) is 6.04. The summed E-state index contributed by atoms with van der Waals surface area (Å²) in [6.07, 6.45) is 0.120. The van der Waals surface area contributed by atoms with Gasteiger partial charge in [0.05, 0.1) is 0 Å². The number of carbonyl (C=O) groups is 3. The number of hydrogen-bond donors (Lipinski definition) is 1. The summed E-state index contributed by atoms with van der Waals surface area (Å²) in [7, 11) is 0. The lowest BCUT2D eigenvalue weighted by molar-refractivity contribution is -0.117. The van der Waals surface area contributed by atoms with E-state index in [1.165, 1.54) is 18.7 Å². The number of halogens is 1. The molecule has 1 N–H and O–H groups in total. The Balaban J connectivity index is 2.03. The first-order chi connectivity index (χ1) is 12.3. The van der Waals surface area contributed by atoms with E-state index in [0.717, 1.165) is 5.56 Å². The number of ketones is 1. The van der Waals surface area contributed by atoms with Crippen LogP contribution in [0.25, 0.3) is 0 Å². The van der Waals surface area contributed by atoms with Gasteiger partial charge in [0.1, 0.15) is 0 Å². The molecule has 26 heavy (non-hydrogen) atoms. The van der Waals surface area contributed by atoms with Crippen LogP contribution in [0, 0.1) is 6.92 Å². The molecule has 0 fully saturated rings. The van der Waals surface area contributed by atoms with Gasteiger partial charge in [-0.1, -0.05) is 29.8 Å². The van der Waals surface area contributed by atoms with Crippen LogP contribution in [0.3, 0.4) is 0 Å². The Morgan fingerprint density at radius 3 is 2.42 bits per heavy atom. The summed E-state index contributed by atoms with van der Waals surface area (Å²) in [5.41, 5.74) is 2.65. The van der Waals surface area contributed by atoms with Gasteiger partial charge in [0.15, 0.2) is 5.78 Å². The molecule has 2 rings (SSSR count). The SMILES string of the molecule is CC(=O)c1cccc(NC(=O)CCN(C(C)=O)c2ccc(C)c(Cl)c2)c1. The molecule has 5 nitrogen and oxygen atoms in total. The van der Waals surface area contributed by atoms with Crippen molar-refractivity contribution in [1.82, 2.24) is 0 Å². The largest absolute Gasteiger partial charge is 0.326 e. The van der Waals surface area contributed by atoms with E-state index in [9.17, 15) is 14.4 Å². The average molecular weight is 373 g/mol. The van der Waals surface area contributed by atoms with E-state index >= 15 is 0 Å². The normalized spacial score (nSPS) is 10.3. The van der Waals surface area contributed by atoms with Crippen molar-refractivity contribution in [2.75, 3.05) is 16.8 Å². The maximum Gasteiger partial charge on any atom is 0.226 e. The molecule has 0 saturated heterocycles. The Morgan fingerprint density at radius 2 is 1.81 bits per heavy atom. The molecule has 136 valence electrons. The molecular weight excluding hydrogens is 352 g/mol. The van der Waals surface area contributed by atoms with Crippen molar-refractivity contribution in [3.8, 4) is 0 Å². The highest BCUT2D eigenvalue weighted by Gasteiger charge is 2.15. The standard InChI is InChI=1S/C20H21ClN2O3/c1-13-7-8-18(12-19(13)21)23(15(3)25)10-9-20(26)22-17-6-4-5-16(11-17)14(2)24/h4-8,11-12H,9-10H2,1-3H3,(H,22,26). The predicted molar refractivity (Wildman–Crippen MR) is 104 cm³/mol. The van der Waals surface area contributed by atoms with Gasteiger partial charge < -0.3 is 10.2 Å². The number of nitrogens with one attached hydrogen (secondary N) is 1. The van der Waals surface area contributed by atoms with Crippen molar-refractivity contribution in [2.45, 2.75) is 27.2 Å². The molecule has 0 atom stereocenters. The summed E-state index contributed by atoms with van der Waals surface area (Å²) in [4.78, 5) is 37.1. The smallest absolute Gasteiger partial charge is 0.226 e. The zero-order valence-corrected chi connectivity index (χ0v) is 15.8. The zero-order chi connectivity index (χ0) is 19.3. The van der Waals surface area contributed by atoms with E-state index in [0.29, 0.717) is 22.0 Å². The number of aryl methyl sites for hydroxylation is 1. The second-order valence-corrected chi connectivity index (χ2v) is 6.45. The highest BCUT2D eigenvalue weighted by molar-refractivity contribution is 6.31. The summed E-state index contributed by atoms with van der Waals surface area (Å²) in [6, 6.07) is 12.1. The van der Waals surface area contributed by atoms with E-state index in [2.05, 4.69) is 5.32 Å². The fraction of sp³-hybridized carbons (Fsp3) is 0.250. The molecule has 2 aromatic carbocycles. The van der Waals surface area contributed by atoms with Gasteiger partial charge in [-0.2, -0.15) is 0 Å². The van der Waals surface area contributed by atoms with Crippen LogP contribution >= 0.6 is 11.6 Å². The summed E-state index contributed by atoms with van der Waals surface area (Å²) in [6.45, 7) is 5.03. The third-order valence-electron chi connectivity index (χ3n) is 3.96. The fourth-order valence-electron chi connectivity index (χ4n) is 2.47. The van der Waals surface area contributed by atoms with Crippen molar-refractivity contribution in [1.29, 1.82) is 0 Å². The predicted octanol–water partition coefficient (Wildman–Crippen LogP) is 4.23. The minimum atomic E-state index is -0.241. The maximum absolute atomic E-state index is 12.2. The minimum absolute atomic E-state index is 0.0693. The molecule has 0 aliphatic carbocycles. The molecule has 2 amide bonds. The molecule has 0 bridgehead atoms. The molecule has 0 aliphatic heterocycles. The summed E-state index contributed by atoms with van der Waals surface area (Å²) < 4.78 is 0. The number of anilines is 2. The molecule has 0 aromatic heterocycles. The number of hydrogen-bond acceptors (Lipinski definition) is 3. The maximum atomic E-state index is 12.2. The van der Waals surface area contributed by atoms with Crippen LogP contribution in [-0.2, 0) is 9.59 Å². The summed E-state index contributed by atoms with van der Waals surface area (Å²) in [5, 5.41) is 3.32. The van der Waals surface area contributed by atoms with E-state index in [1.54, 1.807) is 36.4 Å². The van der Waals surface area contributed by atoms with Crippen LogP contribution in [0.2, 0.25) is 5.02 Å². The number of Topliss-reactive ketones (excluding diaryl/α,β-unsaturated/α-hetero) is 1. The van der Waals surface area contributed by atoms with Crippen LogP contribution < -0.4 is 10.2 Å². The van der Waals surface area contributed by atoms with Gasteiger partial charge in [-0.15, -0.1) is 0 Å². The molecule has 0 unspecified atom stereocenters. The second kappa shape index (κ2) is 8.63. The molecular formula is C20H21ClN2O3. The van der Waals surface area contributed by atoms with Crippen LogP contribution in [0.4, 0.5) is 11.4 Å². The van der Waals surface area contributed by atoms with Gasteiger partial charge in [0.25, 0.3) is 0 Å². The van der Waals surface area contributed by atoms with E-state index in [1.807, 2.05) is 13.0 Å². The Kier molecular flexibility index (Phi) is 6.52. The van der Waals surface area contributed by atoms with Crippen molar-refractivity contribution in [3.63, 3.8) is 0 Å². The lowest BCUT2D eigenvalue weighted by Crippen LogP contribution is -2.32. The molecule has 2 aromatic rings. The number of carbonyl (C=O) groups excluding carboxylic acids is 3. The van der Waals surface area contributed by atoms with Crippen molar-refractivity contribution >= 4 is 40.6 Å². The zero-order valence-electron chi connectivity index (χ0n) is 15.0. The molecule has 0 radical (unpaired) electrons. The van der Waals surface area contributed by atoms with Gasteiger partial charge in [0, 0.05) is 41.9 Å². The van der Waals surface area contributed by atoms with Crippen LogP contribution in [-0.4, -0.2) is 24.1 Å². The molecule has 0 spiro atoms. The van der Waals surface area contributed by atoms with E-state index in [4.69, 9.17) is 11.6 Å². The Bertz CT molecular complexity index is 849. The van der Waals surface area contributed by atoms with Crippen molar-refractivity contribution in [2.24, 2.45) is 0 Å². The van der Waals surface area contributed by atoms with Gasteiger partial charge >= 0.3 is 0 Å². The monoisotopic (exact) mass is 372 g/mol. The van der Waals surface area contributed by atoms with Gasteiger partial charge in [-0.25, -0.2) is 0 Å². The number of benzene rings is 2. The number of amides is 2. The first kappa shape index (κ1) is 19.7. The first-order valence-corrected chi connectivity index (χ1v) is 8.61. The van der Waals surface area contributed by atoms with Crippen molar-refractivity contribution in [3.05, 3.63) is 58.6 Å². The summed E-state index contributed by atoms with van der Waals surface area (Å²) >= 11 is 6.13. The number of nitrogens with zero attached hydrogens (tertiary/aromatic N) is 1. The Hall–Kier alpha value is -2.66. The topological polar surface area (TPSA) is 66.5 Å². The van der Waals surface area contributed by atoms with Crippen LogP contribution in [0.5, 0.6) is 0 Å². The highest BCUT2D eigenvalue weighted by atomic mass is 35.5. The Morgan fingerprint density at radius 1 is 1.08 bits per heavy atom. The van der Waals surface area contributed by atoms with Gasteiger partial charge in [-0.3, -0.25) is 14.4 Å². The van der Waals surface area contributed by atoms with Crippen LogP contribution in [0.1, 0.15) is 36.2 Å². The van der Waals surface area contributed by atoms with Gasteiger partial charge in [-0.05, 0) is 43.7 Å². The highest BCUT2D eigenvalue weighted by Crippen LogP contribution is 2.23. The van der Waals surface area contributed by atoms with Crippen molar-refractivity contribution < 1.29 is 14.4 Å². The minimum Gasteiger partial charge on any atom is -0.326 e. The molecule has 0 heterocycles. The van der Waals surface area contributed by atoms with E-state index in [-0.39, 0.29) is 30.6 Å². The lowest BCUT2D eigenvalue weighted by Gasteiger charge is -2.21. The lowest BCUT2D eigenvalue weighted by atomic mass is 10.1. The Labute approximate surface area is 158 Å². The summed E-state index contributed by atoms with van der Waals surface area (Å²) in [5.74, 6) is -0.480.